The number of halogens is 1. The molecule has 2 atom stereocenters. The lowest BCUT2D eigenvalue weighted by Gasteiger charge is -2.50. The lowest BCUT2D eigenvalue weighted by atomic mass is 9.89. The van der Waals surface area contributed by atoms with Gasteiger partial charge in [-0.05, 0) is 49.7 Å². The highest BCUT2D eigenvalue weighted by atomic mass is 35.5. The molecule has 0 radical (unpaired) electrons. The quantitative estimate of drug-likeness (QED) is 0.481. The number of urea groups is 1. The first-order valence-corrected chi connectivity index (χ1v) is 11.9. The number of ether oxygens (including phenoxy) is 2. The molecule has 2 bridgehead atoms. The Labute approximate surface area is 209 Å². The van der Waals surface area contributed by atoms with E-state index in [0.717, 1.165) is 11.1 Å². The number of carbonyl (C=O) groups excluding carboxylic acids is 2. The molecule has 0 spiro atoms. The van der Waals surface area contributed by atoms with Crippen LogP contribution in [-0.2, 0) is 6.54 Å². The Bertz CT molecular complexity index is 1300. The second-order valence-electron chi connectivity index (χ2n) is 8.75. The molecular weight excluding hydrogens is 466 g/mol. The maximum Gasteiger partial charge on any atom is 0.325 e. The van der Waals surface area contributed by atoms with Crippen molar-refractivity contribution >= 4 is 29.2 Å². The van der Waals surface area contributed by atoms with Crippen LogP contribution in [0.1, 0.15) is 47.8 Å². The Morgan fingerprint density at radius 2 is 2.00 bits per heavy atom. The standard InChI is InChI=1S/C27H26ClN3O4/c1-3-34-23-13-7-11-20-22-15-27(2,35-24(20)23)31(26(33)30-22)19-10-6-9-17(14-19)25(32)29-16-18-8-4-5-12-21(18)28/h4-14,22H,3,15-16H2,1-2H3,(H,29,32)(H,30,33)/t22-,27+/m1/s1. The molecule has 8 heteroatoms. The summed E-state index contributed by atoms with van der Waals surface area (Å²) in [4.78, 5) is 27.7. The van der Waals surface area contributed by atoms with Gasteiger partial charge in [-0.15, -0.1) is 0 Å². The topological polar surface area (TPSA) is 79.9 Å². The van der Waals surface area contributed by atoms with Gasteiger partial charge in [-0.3, -0.25) is 9.69 Å². The molecule has 0 aliphatic carbocycles. The number of carbonyl (C=O) groups is 2. The second kappa shape index (κ2) is 9.15. The average molecular weight is 492 g/mol. The molecular formula is C27H26ClN3O4. The van der Waals surface area contributed by atoms with E-state index >= 15 is 0 Å². The summed E-state index contributed by atoms with van der Waals surface area (Å²) in [6.07, 6.45) is 0.546. The number of rotatable bonds is 6. The van der Waals surface area contributed by atoms with Crippen LogP contribution in [0.5, 0.6) is 11.5 Å². The Morgan fingerprint density at radius 3 is 2.80 bits per heavy atom. The van der Waals surface area contributed by atoms with Gasteiger partial charge in [0, 0.05) is 29.1 Å². The van der Waals surface area contributed by atoms with E-state index in [2.05, 4.69) is 10.6 Å². The largest absolute Gasteiger partial charge is 0.490 e. The van der Waals surface area contributed by atoms with Gasteiger partial charge in [0.1, 0.15) is 0 Å². The number of fused-ring (bicyclic) bond motifs is 4. The van der Waals surface area contributed by atoms with E-state index in [-0.39, 0.29) is 18.0 Å². The van der Waals surface area contributed by atoms with Gasteiger partial charge in [-0.2, -0.15) is 0 Å². The van der Waals surface area contributed by atoms with Crippen molar-refractivity contribution in [3.05, 3.63) is 88.4 Å². The molecule has 2 heterocycles. The summed E-state index contributed by atoms with van der Waals surface area (Å²) < 4.78 is 12.2. The fourth-order valence-corrected chi connectivity index (χ4v) is 4.93. The molecule has 1 saturated heterocycles. The summed E-state index contributed by atoms with van der Waals surface area (Å²) in [6, 6.07) is 19.5. The van der Waals surface area contributed by atoms with Crippen molar-refractivity contribution < 1.29 is 19.1 Å². The minimum Gasteiger partial charge on any atom is -0.490 e. The number of para-hydroxylation sites is 1. The highest BCUT2D eigenvalue weighted by Crippen LogP contribution is 2.49. The highest BCUT2D eigenvalue weighted by Gasteiger charge is 2.50. The van der Waals surface area contributed by atoms with Crippen molar-refractivity contribution in [2.24, 2.45) is 0 Å². The summed E-state index contributed by atoms with van der Waals surface area (Å²) in [6.45, 7) is 4.60. The third kappa shape index (κ3) is 4.28. The summed E-state index contributed by atoms with van der Waals surface area (Å²) in [5, 5.41) is 6.57. The van der Waals surface area contributed by atoms with Crippen molar-refractivity contribution in [1.29, 1.82) is 0 Å². The van der Waals surface area contributed by atoms with Gasteiger partial charge in [-0.25, -0.2) is 4.79 Å². The summed E-state index contributed by atoms with van der Waals surface area (Å²) in [5.74, 6) is 1.01. The third-order valence-electron chi connectivity index (χ3n) is 6.33. The van der Waals surface area contributed by atoms with Crippen molar-refractivity contribution in [3.8, 4) is 11.5 Å². The molecule has 2 aliphatic heterocycles. The summed E-state index contributed by atoms with van der Waals surface area (Å²) >= 11 is 6.20. The maximum absolute atomic E-state index is 13.3. The predicted molar refractivity (Wildman–Crippen MR) is 134 cm³/mol. The molecule has 3 aromatic carbocycles. The van der Waals surface area contributed by atoms with Gasteiger partial charge in [-0.1, -0.05) is 48.0 Å². The smallest absolute Gasteiger partial charge is 0.325 e. The molecule has 5 rings (SSSR count). The van der Waals surface area contributed by atoms with Crippen molar-refractivity contribution in [2.45, 2.75) is 38.6 Å². The van der Waals surface area contributed by atoms with E-state index < -0.39 is 5.72 Å². The zero-order chi connectivity index (χ0) is 24.6. The molecule has 0 unspecified atom stereocenters. The Hall–Kier alpha value is -3.71. The van der Waals surface area contributed by atoms with Crippen LogP contribution in [0.3, 0.4) is 0 Å². The number of hydrogen-bond donors (Lipinski definition) is 2. The van der Waals surface area contributed by atoms with Crippen LogP contribution in [0.25, 0.3) is 0 Å². The molecule has 0 saturated carbocycles. The number of benzene rings is 3. The highest BCUT2D eigenvalue weighted by molar-refractivity contribution is 6.31. The van der Waals surface area contributed by atoms with E-state index in [1.165, 1.54) is 0 Å². The molecule has 0 aromatic heterocycles. The fraction of sp³-hybridized carbons (Fsp3) is 0.259. The van der Waals surface area contributed by atoms with E-state index in [4.69, 9.17) is 21.1 Å². The zero-order valence-electron chi connectivity index (χ0n) is 19.5. The monoisotopic (exact) mass is 491 g/mol. The third-order valence-corrected chi connectivity index (χ3v) is 6.70. The summed E-state index contributed by atoms with van der Waals surface area (Å²) in [7, 11) is 0. The van der Waals surface area contributed by atoms with Crippen LogP contribution in [0, 0.1) is 0 Å². The van der Waals surface area contributed by atoms with Gasteiger partial charge in [0.15, 0.2) is 17.2 Å². The van der Waals surface area contributed by atoms with Gasteiger partial charge < -0.3 is 20.1 Å². The first-order valence-electron chi connectivity index (χ1n) is 11.6. The number of amides is 3. The van der Waals surface area contributed by atoms with Crippen LogP contribution < -0.4 is 25.0 Å². The van der Waals surface area contributed by atoms with E-state index in [1.807, 2.05) is 50.2 Å². The SMILES string of the molecule is CCOc1cccc2c1O[C@@]1(C)C[C@H]2NC(=O)N1c1cccc(C(=O)NCc2ccccc2Cl)c1. The van der Waals surface area contributed by atoms with Gasteiger partial charge >= 0.3 is 6.03 Å². The number of hydrogen-bond acceptors (Lipinski definition) is 4. The fourth-order valence-electron chi connectivity index (χ4n) is 4.73. The van der Waals surface area contributed by atoms with Gasteiger partial charge in [0.25, 0.3) is 5.91 Å². The second-order valence-corrected chi connectivity index (χ2v) is 9.16. The normalized spacial score (nSPS) is 20.4. The van der Waals surface area contributed by atoms with Crippen LogP contribution in [0.2, 0.25) is 5.02 Å². The van der Waals surface area contributed by atoms with E-state index in [0.29, 0.717) is 47.3 Å². The van der Waals surface area contributed by atoms with Gasteiger partial charge in [0.2, 0.25) is 0 Å². The molecule has 3 aromatic rings. The van der Waals surface area contributed by atoms with Crippen LogP contribution in [-0.4, -0.2) is 24.3 Å². The van der Waals surface area contributed by atoms with Crippen LogP contribution in [0.4, 0.5) is 10.5 Å². The number of nitrogens with one attached hydrogen (secondary N) is 2. The van der Waals surface area contributed by atoms with Crippen molar-refractivity contribution in [2.75, 3.05) is 11.5 Å². The average Bonchev–Trinajstić information content (AvgIpc) is 2.84. The minimum atomic E-state index is -0.958. The number of anilines is 1. The molecule has 180 valence electrons. The first-order chi connectivity index (χ1) is 16.9. The van der Waals surface area contributed by atoms with E-state index in [1.54, 1.807) is 35.2 Å². The minimum absolute atomic E-state index is 0.199. The van der Waals surface area contributed by atoms with Crippen molar-refractivity contribution in [1.82, 2.24) is 10.6 Å². The lowest BCUT2D eigenvalue weighted by molar-refractivity contribution is 0.0343. The van der Waals surface area contributed by atoms with Gasteiger partial charge in [0.05, 0.1) is 18.3 Å². The number of nitrogens with zero attached hydrogens (tertiary/aromatic N) is 1. The molecule has 7 nitrogen and oxygen atoms in total. The Morgan fingerprint density at radius 1 is 1.20 bits per heavy atom. The Kier molecular flexibility index (Phi) is 6.03. The van der Waals surface area contributed by atoms with E-state index in [9.17, 15) is 9.59 Å². The predicted octanol–water partition coefficient (Wildman–Crippen LogP) is 5.44. The molecule has 3 amide bonds. The molecule has 2 aliphatic rings. The van der Waals surface area contributed by atoms with Crippen molar-refractivity contribution in [3.63, 3.8) is 0 Å². The molecule has 2 N–H and O–H groups in total. The zero-order valence-corrected chi connectivity index (χ0v) is 20.3. The molecule has 35 heavy (non-hydrogen) atoms. The lowest BCUT2D eigenvalue weighted by Crippen LogP contribution is -2.65. The summed E-state index contributed by atoms with van der Waals surface area (Å²) in [5.41, 5.74) is 1.76. The Balaban J connectivity index is 1.42. The molecule has 1 fully saturated rings. The first kappa shape index (κ1) is 23.1. The maximum atomic E-state index is 13.3. The van der Waals surface area contributed by atoms with Crippen LogP contribution in [0.15, 0.2) is 66.7 Å². The van der Waals surface area contributed by atoms with Crippen LogP contribution >= 0.6 is 11.6 Å².